The van der Waals surface area contributed by atoms with Crippen molar-refractivity contribution in [3.05, 3.63) is 42.2 Å². The Hall–Kier alpha value is -2.19. The van der Waals surface area contributed by atoms with E-state index >= 15 is 0 Å². The van der Waals surface area contributed by atoms with E-state index in [9.17, 15) is 13.2 Å². The third-order valence-corrected chi connectivity index (χ3v) is 3.78. The second-order valence-corrected chi connectivity index (χ2v) is 5.76. The fraction of sp³-hybridized carbons (Fsp3) is 0.167. The van der Waals surface area contributed by atoms with Gasteiger partial charge in [-0.2, -0.15) is 5.10 Å². The van der Waals surface area contributed by atoms with Crippen LogP contribution in [0.1, 0.15) is 5.56 Å². The average molecular weight is 294 g/mol. The highest BCUT2D eigenvalue weighted by molar-refractivity contribution is 7.89. The van der Waals surface area contributed by atoms with Crippen molar-refractivity contribution in [3.8, 4) is 0 Å². The van der Waals surface area contributed by atoms with Crippen molar-refractivity contribution in [1.82, 2.24) is 9.78 Å². The summed E-state index contributed by atoms with van der Waals surface area (Å²) in [5.41, 5.74) is 0.817. The first-order valence-electron chi connectivity index (χ1n) is 5.77. The van der Waals surface area contributed by atoms with Crippen LogP contribution in [0.4, 0.5) is 5.69 Å². The summed E-state index contributed by atoms with van der Waals surface area (Å²) in [6.45, 7) is 1.63. The molecule has 0 atom stereocenters. The molecule has 1 aromatic carbocycles. The number of amides is 1. The molecule has 1 amide bonds. The maximum absolute atomic E-state index is 11.8. The number of sulfonamides is 1. The van der Waals surface area contributed by atoms with Gasteiger partial charge in [-0.25, -0.2) is 13.6 Å². The van der Waals surface area contributed by atoms with E-state index in [2.05, 4.69) is 10.4 Å². The van der Waals surface area contributed by atoms with Gasteiger partial charge in [0.25, 0.3) is 0 Å². The van der Waals surface area contributed by atoms with Gasteiger partial charge in [0.2, 0.25) is 15.9 Å². The largest absolute Gasteiger partial charge is 0.324 e. The fourth-order valence-corrected chi connectivity index (χ4v) is 2.59. The summed E-state index contributed by atoms with van der Waals surface area (Å²) in [6, 6.07) is 6.25. The van der Waals surface area contributed by atoms with Crippen LogP contribution in [0.3, 0.4) is 0 Å². The first kappa shape index (κ1) is 14.2. The Morgan fingerprint density at radius 3 is 2.75 bits per heavy atom. The van der Waals surface area contributed by atoms with Crippen LogP contribution in [0.15, 0.2) is 41.6 Å². The molecule has 3 N–H and O–H groups in total. The van der Waals surface area contributed by atoms with E-state index in [1.54, 1.807) is 31.5 Å². The molecule has 0 spiro atoms. The molecule has 0 aliphatic carbocycles. The molecule has 0 saturated heterocycles. The van der Waals surface area contributed by atoms with Gasteiger partial charge in [-0.05, 0) is 30.7 Å². The van der Waals surface area contributed by atoms with Crippen molar-refractivity contribution < 1.29 is 13.2 Å². The molecule has 0 radical (unpaired) electrons. The van der Waals surface area contributed by atoms with Gasteiger partial charge in [0.15, 0.2) is 0 Å². The smallest absolute Gasteiger partial charge is 0.246 e. The van der Waals surface area contributed by atoms with E-state index in [4.69, 9.17) is 5.14 Å². The third kappa shape index (κ3) is 3.22. The molecule has 20 heavy (non-hydrogen) atoms. The van der Waals surface area contributed by atoms with E-state index in [0.29, 0.717) is 11.3 Å². The lowest BCUT2D eigenvalue weighted by molar-refractivity contribution is -0.116. The minimum absolute atomic E-state index is 0.00520. The first-order valence-corrected chi connectivity index (χ1v) is 7.32. The minimum Gasteiger partial charge on any atom is -0.324 e. The zero-order valence-electron chi connectivity index (χ0n) is 10.8. The summed E-state index contributed by atoms with van der Waals surface area (Å²) in [5.74, 6) is -0.302. The molecule has 2 rings (SSSR count). The van der Waals surface area contributed by atoms with Gasteiger partial charge < -0.3 is 5.32 Å². The number of rotatable bonds is 4. The lowest BCUT2D eigenvalue weighted by Gasteiger charge is -2.11. The van der Waals surface area contributed by atoms with Gasteiger partial charge in [-0.15, -0.1) is 0 Å². The maximum Gasteiger partial charge on any atom is 0.246 e. The quantitative estimate of drug-likeness (QED) is 0.855. The second-order valence-electron chi connectivity index (χ2n) is 4.23. The van der Waals surface area contributed by atoms with Crippen LogP contribution in [0.2, 0.25) is 0 Å². The van der Waals surface area contributed by atoms with E-state index in [1.807, 2.05) is 0 Å². The number of nitrogens with one attached hydrogen (secondary N) is 1. The van der Waals surface area contributed by atoms with Crippen LogP contribution < -0.4 is 10.5 Å². The minimum atomic E-state index is -3.81. The van der Waals surface area contributed by atoms with Crippen LogP contribution >= 0.6 is 0 Å². The standard InChI is InChI=1S/C12H14N4O3S/c1-9-10(4-2-5-11(9)20(13,18)19)15-12(17)8-16-7-3-6-14-16/h2-7H,8H2,1H3,(H,15,17)(H2,13,18,19). The Balaban J connectivity index is 2.20. The van der Waals surface area contributed by atoms with E-state index in [-0.39, 0.29) is 17.3 Å². The van der Waals surface area contributed by atoms with Crippen LogP contribution in [0.25, 0.3) is 0 Å². The lowest BCUT2D eigenvalue weighted by atomic mass is 10.2. The van der Waals surface area contributed by atoms with E-state index < -0.39 is 10.0 Å². The summed E-state index contributed by atoms with van der Waals surface area (Å²) in [4.78, 5) is 11.8. The molecule has 1 aromatic heterocycles. The summed E-state index contributed by atoms with van der Waals surface area (Å²) in [5, 5.41) is 11.7. The summed E-state index contributed by atoms with van der Waals surface area (Å²) in [7, 11) is -3.81. The number of nitrogens with two attached hydrogens (primary N) is 1. The van der Waals surface area contributed by atoms with Crippen molar-refractivity contribution in [2.75, 3.05) is 5.32 Å². The summed E-state index contributed by atoms with van der Waals surface area (Å²) >= 11 is 0. The second kappa shape index (κ2) is 5.43. The number of nitrogens with zero attached hydrogens (tertiary/aromatic N) is 2. The highest BCUT2D eigenvalue weighted by Gasteiger charge is 2.15. The summed E-state index contributed by atoms with van der Waals surface area (Å²) < 4.78 is 24.3. The Morgan fingerprint density at radius 1 is 1.40 bits per heavy atom. The van der Waals surface area contributed by atoms with Gasteiger partial charge in [-0.1, -0.05) is 6.07 Å². The molecule has 0 fully saturated rings. The first-order chi connectivity index (χ1) is 9.38. The topological polar surface area (TPSA) is 107 Å². The summed E-state index contributed by atoms with van der Waals surface area (Å²) in [6.07, 6.45) is 3.23. The zero-order valence-corrected chi connectivity index (χ0v) is 11.6. The number of aromatic nitrogens is 2. The number of hydrogen-bond acceptors (Lipinski definition) is 4. The van der Waals surface area contributed by atoms with Gasteiger partial charge in [-0.3, -0.25) is 9.48 Å². The Kier molecular flexibility index (Phi) is 3.86. The van der Waals surface area contributed by atoms with Crippen molar-refractivity contribution in [1.29, 1.82) is 0 Å². The van der Waals surface area contributed by atoms with Crippen molar-refractivity contribution in [2.24, 2.45) is 5.14 Å². The molecule has 0 saturated carbocycles. The van der Waals surface area contributed by atoms with Crippen LogP contribution in [0, 0.1) is 6.92 Å². The van der Waals surface area contributed by atoms with Gasteiger partial charge in [0.1, 0.15) is 6.54 Å². The molecule has 8 heteroatoms. The maximum atomic E-state index is 11.8. The van der Waals surface area contributed by atoms with Gasteiger partial charge in [0.05, 0.1) is 4.90 Å². The van der Waals surface area contributed by atoms with Crippen molar-refractivity contribution in [3.63, 3.8) is 0 Å². The molecule has 0 unspecified atom stereocenters. The number of carbonyl (C=O) groups is 1. The molecule has 2 aromatic rings. The van der Waals surface area contributed by atoms with Crippen molar-refractivity contribution in [2.45, 2.75) is 18.4 Å². The Bertz CT molecular complexity index is 723. The fourth-order valence-electron chi connectivity index (χ4n) is 1.79. The number of hydrogen-bond donors (Lipinski definition) is 2. The molecule has 106 valence electrons. The zero-order chi connectivity index (χ0) is 14.8. The van der Waals surface area contributed by atoms with E-state index in [1.165, 1.54) is 16.8 Å². The van der Waals surface area contributed by atoms with Crippen LogP contribution in [-0.4, -0.2) is 24.1 Å². The van der Waals surface area contributed by atoms with Gasteiger partial charge in [0, 0.05) is 18.1 Å². The highest BCUT2D eigenvalue weighted by atomic mass is 32.2. The molecule has 0 aliphatic heterocycles. The normalized spacial score (nSPS) is 11.3. The van der Waals surface area contributed by atoms with Crippen molar-refractivity contribution >= 4 is 21.6 Å². The predicted octanol–water partition coefficient (Wildman–Crippen LogP) is 0.478. The number of anilines is 1. The lowest BCUT2D eigenvalue weighted by Crippen LogP contribution is -2.20. The average Bonchev–Trinajstić information content (AvgIpc) is 2.83. The predicted molar refractivity (Wildman–Crippen MR) is 73.4 cm³/mol. The molecular formula is C12H14N4O3S. The number of primary sulfonamides is 1. The molecular weight excluding hydrogens is 280 g/mol. The Morgan fingerprint density at radius 2 is 2.15 bits per heavy atom. The molecule has 1 heterocycles. The molecule has 0 bridgehead atoms. The van der Waals surface area contributed by atoms with Gasteiger partial charge >= 0.3 is 0 Å². The van der Waals surface area contributed by atoms with E-state index in [0.717, 1.165) is 0 Å². The molecule has 7 nitrogen and oxygen atoms in total. The number of carbonyl (C=O) groups excluding carboxylic acids is 1. The Labute approximate surface area is 116 Å². The third-order valence-electron chi connectivity index (χ3n) is 2.73. The monoisotopic (exact) mass is 294 g/mol. The highest BCUT2D eigenvalue weighted by Crippen LogP contribution is 2.21. The number of benzene rings is 1. The van der Waals surface area contributed by atoms with Crippen LogP contribution in [0.5, 0.6) is 0 Å². The SMILES string of the molecule is Cc1c(NC(=O)Cn2cccn2)cccc1S(N)(=O)=O. The molecule has 0 aliphatic rings. The van der Waals surface area contributed by atoms with Crippen LogP contribution in [-0.2, 0) is 21.4 Å².